The van der Waals surface area contributed by atoms with E-state index in [1.165, 1.54) is 11.1 Å². The summed E-state index contributed by atoms with van der Waals surface area (Å²) in [4.78, 5) is 23.9. The average molecular weight is 322 g/mol. The van der Waals surface area contributed by atoms with Gasteiger partial charge in [-0.3, -0.25) is 20.4 Å². The Morgan fingerprint density at radius 1 is 1.09 bits per heavy atom. The summed E-state index contributed by atoms with van der Waals surface area (Å²) in [6.45, 7) is 0. The zero-order chi connectivity index (χ0) is 15.7. The summed E-state index contributed by atoms with van der Waals surface area (Å²) < 4.78 is 22.7. The summed E-state index contributed by atoms with van der Waals surface area (Å²) in [5.74, 6) is -1.53. The predicted octanol–water partition coefficient (Wildman–Crippen LogP) is 0.371. The Kier molecular flexibility index (Phi) is 3.90. The number of fused-ring (bicyclic) bond motifs is 1. The van der Waals surface area contributed by atoms with Crippen molar-refractivity contribution in [2.75, 3.05) is 11.5 Å². The Hall–Kier alpha value is -1.89. The number of aryl methyl sites for hydroxylation is 2. The van der Waals surface area contributed by atoms with E-state index in [9.17, 15) is 18.0 Å². The Bertz CT molecular complexity index is 727. The van der Waals surface area contributed by atoms with Gasteiger partial charge in [-0.25, -0.2) is 8.42 Å². The van der Waals surface area contributed by atoms with Crippen molar-refractivity contribution in [1.82, 2.24) is 10.9 Å². The zero-order valence-electron chi connectivity index (χ0n) is 12.1. The molecular formula is C15H18N2O4S. The summed E-state index contributed by atoms with van der Waals surface area (Å²) in [7, 11) is -3.11. The Morgan fingerprint density at radius 2 is 1.86 bits per heavy atom. The summed E-state index contributed by atoms with van der Waals surface area (Å²) in [6.07, 6.45) is 3.43. The molecule has 0 radical (unpaired) electrons. The number of benzene rings is 1. The molecule has 0 bridgehead atoms. The molecule has 1 aromatic carbocycles. The molecule has 7 heteroatoms. The van der Waals surface area contributed by atoms with E-state index in [2.05, 4.69) is 10.9 Å². The van der Waals surface area contributed by atoms with E-state index in [1.54, 1.807) is 6.07 Å². The molecule has 0 unspecified atom stereocenters. The molecule has 2 aliphatic rings. The number of hydrogen-bond acceptors (Lipinski definition) is 4. The summed E-state index contributed by atoms with van der Waals surface area (Å²) in [6, 6.07) is 5.54. The van der Waals surface area contributed by atoms with Gasteiger partial charge < -0.3 is 0 Å². The first kappa shape index (κ1) is 15.0. The normalized spacial score (nSPS) is 22.1. The monoisotopic (exact) mass is 322 g/mol. The Labute approximate surface area is 129 Å². The Balaban J connectivity index is 1.57. The van der Waals surface area contributed by atoms with Crippen molar-refractivity contribution in [3.05, 3.63) is 34.9 Å². The molecule has 1 aliphatic heterocycles. The SMILES string of the molecule is O=C(NNC(=O)[C@@H]1CCS(=O)(=O)C1)c1ccc2c(c1)CCC2. The van der Waals surface area contributed by atoms with Gasteiger partial charge in [0.25, 0.3) is 5.91 Å². The number of hydrogen-bond donors (Lipinski definition) is 2. The standard InChI is InChI=1S/C15H18N2O4S/c18-14(12-5-4-10-2-1-3-11(10)8-12)16-17-15(19)13-6-7-22(20,21)9-13/h4-5,8,13H,1-3,6-7,9H2,(H,16,18)(H,17,19)/t13-/m1/s1. The van der Waals surface area contributed by atoms with Crippen LogP contribution in [0.4, 0.5) is 0 Å². The van der Waals surface area contributed by atoms with Crippen molar-refractivity contribution < 1.29 is 18.0 Å². The van der Waals surface area contributed by atoms with Gasteiger partial charge in [-0.05, 0) is 48.9 Å². The lowest BCUT2D eigenvalue weighted by Gasteiger charge is -2.11. The lowest BCUT2D eigenvalue weighted by molar-refractivity contribution is -0.125. The van der Waals surface area contributed by atoms with Crippen LogP contribution >= 0.6 is 0 Å². The molecule has 2 amide bonds. The van der Waals surface area contributed by atoms with E-state index in [4.69, 9.17) is 0 Å². The number of hydrazine groups is 1. The second kappa shape index (κ2) is 5.72. The largest absolute Gasteiger partial charge is 0.273 e. The van der Waals surface area contributed by atoms with Crippen LogP contribution in [-0.4, -0.2) is 31.7 Å². The van der Waals surface area contributed by atoms with E-state index in [0.717, 1.165) is 19.3 Å². The number of carbonyl (C=O) groups excluding carboxylic acids is 2. The first-order chi connectivity index (χ1) is 10.4. The minimum absolute atomic E-state index is 0.0316. The molecule has 22 heavy (non-hydrogen) atoms. The van der Waals surface area contributed by atoms with Crippen molar-refractivity contribution in [2.45, 2.75) is 25.7 Å². The van der Waals surface area contributed by atoms with Gasteiger partial charge in [0.05, 0.1) is 17.4 Å². The fraction of sp³-hybridized carbons (Fsp3) is 0.467. The molecule has 3 rings (SSSR count). The van der Waals surface area contributed by atoms with Gasteiger partial charge in [-0.2, -0.15) is 0 Å². The number of sulfone groups is 1. The minimum atomic E-state index is -3.11. The molecule has 118 valence electrons. The summed E-state index contributed by atoms with van der Waals surface area (Å²) in [5.41, 5.74) is 7.64. The van der Waals surface area contributed by atoms with Crippen LogP contribution in [0.3, 0.4) is 0 Å². The van der Waals surface area contributed by atoms with Gasteiger partial charge in [0, 0.05) is 5.56 Å². The number of carbonyl (C=O) groups is 2. The fourth-order valence-electron chi connectivity index (χ4n) is 3.01. The highest BCUT2D eigenvalue weighted by atomic mass is 32.2. The lowest BCUT2D eigenvalue weighted by Crippen LogP contribution is -2.44. The maximum Gasteiger partial charge on any atom is 0.269 e. The molecule has 0 spiro atoms. The van der Waals surface area contributed by atoms with Crippen LogP contribution in [0.2, 0.25) is 0 Å². The van der Waals surface area contributed by atoms with Crippen LogP contribution in [0.1, 0.15) is 34.3 Å². The number of rotatable bonds is 2. The molecule has 1 aromatic rings. The third-order valence-electron chi connectivity index (χ3n) is 4.26. The number of nitrogens with one attached hydrogen (secondary N) is 2. The molecule has 0 aromatic heterocycles. The molecule has 1 atom stereocenters. The summed E-state index contributed by atoms with van der Waals surface area (Å²) in [5, 5.41) is 0. The van der Waals surface area contributed by atoms with Crippen molar-refractivity contribution in [3.8, 4) is 0 Å². The topological polar surface area (TPSA) is 92.3 Å². The van der Waals surface area contributed by atoms with Crippen LogP contribution in [0, 0.1) is 5.92 Å². The third kappa shape index (κ3) is 3.14. The van der Waals surface area contributed by atoms with Crippen molar-refractivity contribution in [1.29, 1.82) is 0 Å². The highest BCUT2D eigenvalue weighted by Crippen LogP contribution is 2.22. The molecule has 2 N–H and O–H groups in total. The van der Waals surface area contributed by atoms with E-state index >= 15 is 0 Å². The summed E-state index contributed by atoms with van der Waals surface area (Å²) >= 11 is 0. The van der Waals surface area contributed by atoms with Gasteiger partial charge in [0.1, 0.15) is 0 Å². The van der Waals surface area contributed by atoms with Crippen LogP contribution < -0.4 is 10.9 Å². The van der Waals surface area contributed by atoms with E-state index < -0.39 is 21.7 Å². The van der Waals surface area contributed by atoms with Gasteiger partial charge in [-0.1, -0.05) is 6.07 Å². The van der Waals surface area contributed by atoms with Gasteiger partial charge in [-0.15, -0.1) is 0 Å². The molecular weight excluding hydrogens is 304 g/mol. The van der Waals surface area contributed by atoms with Crippen molar-refractivity contribution >= 4 is 21.7 Å². The third-order valence-corrected chi connectivity index (χ3v) is 6.03. The maximum atomic E-state index is 12.0. The van der Waals surface area contributed by atoms with E-state index in [1.807, 2.05) is 12.1 Å². The van der Waals surface area contributed by atoms with E-state index in [0.29, 0.717) is 12.0 Å². The highest BCUT2D eigenvalue weighted by molar-refractivity contribution is 7.91. The van der Waals surface area contributed by atoms with E-state index in [-0.39, 0.29) is 17.4 Å². The maximum absolute atomic E-state index is 12.0. The van der Waals surface area contributed by atoms with Crippen LogP contribution in [0.15, 0.2) is 18.2 Å². The van der Waals surface area contributed by atoms with Crippen LogP contribution in [-0.2, 0) is 27.5 Å². The van der Waals surface area contributed by atoms with Gasteiger partial charge in [0.2, 0.25) is 5.91 Å². The second-order valence-corrected chi connectivity index (χ2v) is 8.11. The predicted molar refractivity (Wildman–Crippen MR) is 80.8 cm³/mol. The lowest BCUT2D eigenvalue weighted by atomic mass is 10.1. The molecule has 0 saturated carbocycles. The minimum Gasteiger partial charge on any atom is -0.273 e. The van der Waals surface area contributed by atoms with Gasteiger partial charge in [0.15, 0.2) is 9.84 Å². The molecule has 6 nitrogen and oxygen atoms in total. The fourth-order valence-corrected chi connectivity index (χ4v) is 4.75. The van der Waals surface area contributed by atoms with Crippen LogP contribution in [0.5, 0.6) is 0 Å². The van der Waals surface area contributed by atoms with Crippen LogP contribution in [0.25, 0.3) is 0 Å². The highest BCUT2D eigenvalue weighted by Gasteiger charge is 2.33. The first-order valence-electron chi connectivity index (χ1n) is 7.37. The molecule has 1 heterocycles. The quantitative estimate of drug-likeness (QED) is 0.770. The Morgan fingerprint density at radius 3 is 2.59 bits per heavy atom. The number of amides is 2. The van der Waals surface area contributed by atoms with Crippen molar-refractivity contribution in [2.24, 2.45) is 5.92 Å². The molecule has 1 fully saturated rings. The smallest absolute Gasteiger partial charge is 0.269 e. The van der Waals surface area contributed by atoms with Crippen molar-refractivity contribution in [3.63, 3.8) is 0 Å². The zero-order valence-corrected chi connectivity index (χ0v) is 12.9. The van der Waals surface area contributed by atoms with Gasteiger partial charge >= 0.3 is 0 Å². The molecule has 1 aliphatic carbocycles. The second-order valence-electron chi connectivity index (χ2n) is 5.88. The molecule has 1 saturated heterocycles. The first-order valence-corrected chi connectivity index (χ1v) is 9.19. The average Bonchev–Trinajstić information content (AvgIpc) is 3.09.